The molecule has 0 aromatic heterocycles. The number of benzene rings is 1. The zero-order valence-electron chi connectivity index (χ0n) is 9.13. The van der Waals surface area contributed by atoms with Crippen molar-refractivity contribution in [1.29, 1.82) is 0 Å². The number of rotatable bonds is 4. The number of carbonyl (C=O) groups excluding carboxylic acids is 1. The third-order valence-electron chi connectivity index (χ3n) is 2.05. The van der Waals surface area contributed by atoms with Gasteiger partial charge in [-0.1, -0.05) is 29.8 Å². The minimum absolute atomic E-state index is 0.118. The van der Waals surface area contributed by atoms with E-state index in [1.165, 1.54) is 6.07 Å². The van der Waals surface area contributed by atoms with E-state index in [9.17, 15) is 9.90 Å². The predicted octanol–water partition coefficient (Wildman–Crippen LogP) is 1.61. The molecule has 0 amide bonds. The number of hydrogen-bond donors (Lipinski definition) is 1. The van der Waals surface area contributed by atoms with Gasteiger partial charge in [0, 0.05) is 10.6 Å². The van der Waals surface area contributed by atoms with Crippen LogP contribution in [0.5, 0.6) is 0 Å². The lowest BCUT2D eigenvalue weighted by Crippen LogP contribution is -2.25. The third kappa shape index (κ3) is 3.14. The van der Waals surface area contributed by atoms with Crippen LogP contribution >= 0.6 is 11.6 Å². The van der Waals surface area contributed by atoms with Crippen LogP contribution in [-0.2, 0) is 9.53 Å². The Labute approximate surface area is 103 Å². The molecule has 0 saturated heterocycles. The minimum Gasteiger partial charge on any atom is -0.457 e. The second-order valence-corrected chi connectivity index (χ2v) is 3.54. The number of nitrogens with zero attached hydrogens (tertiary/aromatic N) is 2. The Morgan fingerprint density at radius 2 is 2.24 bits per heavy atom. The van der Waals surface area contributed by atoms with Crippen LogP contribution in [0.3, 0.4) is 0 Å². The monoisotopic (exact) mass is 254 g/mol. The number of aliphatic hydroxyl groups excluding tert-OH is 1. The van der Waals surface area contributed by atoms with Gasteiger partial charge in [-0.2, -0.15) is 4.79 Å². The van der Waals surface area contributed by atoms with Crippen LogP contribution in [0.25, 0.3) is 5.53 Å². The fourth-order valence-corrected chi connectivity index (χ4v) is 1.50. The molecule has 0 aliphatic heterocycles. The van der Waals surface area contributed by atoms with Crippen LogP contribution in [0.4, 0.5) is 0 Å². The average Bonchev–Trinajstić information content (AvgIpc) is 2.30. The molecule has 0 radical (unpaired) electrons. The van der Waals surface area contributed by atoms with Crippen molar-refractivity contribution in [3.05, 3.63) is 40.4 Å². The highest BCUT2D eigenvalue weighted by atomic mass is 35.5. The largest absolute Gasteiger partial charge is 0.457 e. The van der Waals surface area contributed by atoms with Crippen molar-refractivity contribution >= 4 is 23.3 Å². The first kappa shape index (κ1) is 13.4. The van der Waals surface area contributed by atoms with Gasteiger partial charge in [0.1, 0.15) is 0 Å². The summed E-state index contributed by atoms with van der Waals surface area (Å²) in [6.07, 6.45) is -1.42. The maximum Gasteiger partial charge on any atom is 0.420 e. The Bertz CT molecular complexity index is 470. The van der Waals surface area contributed by atoms with E-state index in [2.05, 4.69) is 9.53 Å². The van der Waals surface area contributed by atoms with Crippen molar-refractivity contribution in [2.75, 3.05) is 6.61 Å². The van der Waals surface area contributed by atoms with Gasteiger partial charge in [-0.15, -0.1) is 0 Å². The molecular formula is C11H11ClN2O3. The van der Waals surface area contributed by atoms with Crippen molar-refractivity contribution in [3.8, 4) is 0 Å². The van der Waals surface area contributed by atoms with Crippen LogP contribution in [0.1, 0.15) is 18.6 Å². The van der Waals surface area contributed by atoms with Gasteiger partial charge in [-0.25, -0.2) is 4.79 Å². The number of halogens is 1. The van der Waals surface area contributed by atoms with Gasteiger partial charge in [0.05, 0.1) is 6.61 Å². The fourth-order valence-electron chi connectivity index (χ4n) is 1.26. The molecule has 1 atom stereocenters. The van der Waals surface area contributed by atoms with E-state index in [1.54, 1.807) is 25.1 Å². The molecule has 5 nitrogen and oxygen atoms in total. The molecule has 0 saturated carbocycles. The Kier molecular flexibility index (Phi) is 4.84. The molecule has 0 heterocycles. The van der Waals surface area contributed by atoms with Gasteiger partial charge in [-0.05, 0) is 13.0 Å². The van der Waals surface area contributed by atoms with E-state index in [1.807, 2.05) is 0 Å². The summed E-state index contributed by atoms with van der Waals surface area (Å²) >= 11 is 5.85. The van der Waals surface area contributed by atoms with Gasteiger partial charge in [0.15, 0.2) is 6.10 Å². The van der Waals surface area contributed by atoms with Crippen molar-refractivity contribution in [2.45, 2.75) is 13.0 Å². The van der Waals surface area contributed by atoms with Crippen molar-refractivity contribution < 1.29 is 19.4 Å². The van der Waals surface area contributed by atoms with Crippen LogP contribution in [-0.4, -0.2) is 28.2 Å². The molecule has 1 aromatic carbocycles. The predicted molar refractivity (Wildman–Crippen MR) is 61.7 cm³/mol. The lowest BCUT2D eigenvalue weighted by atomic mass is 10.1. The summed E-state index contributed by atoms with van der Waals surface area (Å²) < 4.78 is 4.64. The van der Waals surface area contributed by atoms with E-state index in [4.69, 9.17) is 17.1 Å². The number of hydrogen-bond acceptors (Lipinski definition) is 3. The molecule has 1 rings (SSSR count). The molecule has 1 N–H and O–H groups in total. The SMILES string of the molecule is CCOC(=O)C(=[N+]=[N-])C(O)c1ccccc1Cl. The Hall–Kier alpha value is -1.68. The summed E-state index contributed by atoms with van der Waals surface area (Å²) in [7, 11) is 0. The van der Waals surface area contributed by atoms with Gasteiger partial charge in [0.25, 0.3) is 0 Å². The number of aliphatic hydroxyl groups is 1. The van der Waals surface area contributed by atoms with E-state index >= 15 is 0 Å². The number of esters is 1. The van der Waals surface area contributed by atoms with Crippen molar-refractivity contribution in [2.24, 2.45) is 0 Å². The molecule has 6 heteroatoms. The molecular weight excluding hydrogens is 244 g/mol. The third-order valence-corrected chi connectivity index (χ3v) is 2.40. The Balaban J connectivity index is 3.03. The lowest BCUT2D eigenvalue weighted by Gasteiger charge is -2.07. The quantitative estimate of drug-likeness (QED) is 0.383. The van der Waals surface area contributed by atoms with Gasteiger partial charge in [-0.3, -0.25) is 0 Å². The first-order valence-corrected chi connectivity index (χ1v) is 5.31. The summed E-state index contributed by atoms with van der Waals surface area (Å²) in [6, 6.07) is 6.40. The number of carbonyl (C=O) groups is 1. The molecule has 1 unspecified atom stereocenters. The summed E-state index contributed by atoms with van der Waals surface area (Å²) in [6.45, 7) is 1.72. The van der Waals surface area contributed by atoms with Gasteiger partial charge >= 0.3 is 11.7 Å². The topological polar surface area (TPSA) is 82.9 Å². The Morgan fingerprint density at radius 3 is 2.76 bits per heavy atom. The summed E-state index contributed by atoms with van der Waals surface area (Å²) in [5.74, 6) is -0.887. The van der Waals surface area contributed by atoms with E-state index in [-0.39, 0.29) is 17.2 Å². The highest BCUT2D eigenvalue weighted by Gasteiger charge is 2.33. The molecule has 17 heavy (non-hydrogen) atoms. The standard InChI is InChI=1S/C11H11ClN2O3/c1-2-17-11(16)9(14-13)10(15)7-5-3-4-6-8(7)12/h3-6,10,15H,2H2,1H3. The van der Waals surface area contributed by atoms with Gasteiger partial charge < -0.3 is 15.4 Å². The lowest BCUT2D eigenvalue weighted by molar-refractivity contribution is -0.141. The van der Waals surface area contributed by atoms with Crippen molar-refractivity contribution in [1.82, 2.24) is 0 Å². The fraction of sp³-hybridized carbons (Fsp3) is 0.273. The minimum atomic E-state index is -1.42. The molecule has 0 aliphatic rings. The van der Waals surface area contributed by atoms with Crippen LogP contribution in [0.15, 0.2) is 24.3 Å². The summed E-state index contributed by atoms with van der Waals surface area (Å²) in [5, 5.41) is 10.2. The smallest absolute Gasteiger partial charge is 0.420 e. The zero-order valence-corrected chi connectivity index (χ0v) is 9.89. The first-order valence-electron chi connectivity index (χ1n) is 4.93. The van der Waals surface area contributed by atoms with E-state index in [0.717, 1.165) is 0 Å². The van der Waals surface area contributed by atoms with E-state index in [0.29, 0.717) is 0 Å². The molecule has 0 aliphatic carbocycles. The van der Waals surface area contributed by atoms with Crippen LogP contribution in [0, 0.1) is 0 Å². The molecule has 0 bridgehead atoms. The second-order valence-electron chi connectivity index (χ2n) is 3.13. The maximum atomic E-state index is 11.4. The van der Waals surface area contributed by atoms with Gasteiger partial charge in [0.2, 0.25) is 0 Å². The Morgan fingerprint density at radius 1 is 1.59 bits per heavy atom. The van der Waals surface area contributed by atoms with Crippen LogP contribution in [0.2, 0.25) is 5.02 Å². The maximum absolute atomic E-state index is 11.4. The van der Waals surface area contributed by atoms with E-state index < -0.39 is 17.8 Å². The average molecular weight is 255 g/mol. The second kappa shape index (κ2) is 6.15. The number of ether oxygens (including phenoxy) is 1. The summed E-state index contributed by atoms with van der Waals surface area (Å²) in [5.41, 5.74) is 8.50. The zero-order chi connectivity index (χ0) is 12.8. The highest BCUT2D eigenvalue weighted by molar-refractivity contribution is 6.37. The molecule has 0 spiro atoms. The van der Waals surface area contributed by atoms with Crippen LogP contribution < -0.4 is 0 Å². The highest BCUT2D eigenvalue weighted by Crippen LogP contribution is 2.23. The first-order chi connectivity index (χ1) is 8.11. The summed E-state index contributed by atoms with van der Waals surface area (Å²) in [4.78, 5) is 14.1. The molecule has 0 fully saturated rings. The van der Waals surface area contributed by atoms with Crippen molar-refractivity contribution in [3.63, 3.8) is 0 Å². The molecule has 90 valence electrons. The molecule has 1 aromatic rings. The normalized spacial score (nSPS) is 11.5.